The average Bonchev–Trinajstić information content (AvgIpc) is 3.61. The van der Waals surface area contributed by atoms with Gasteiger partial charge in [-0.3, -0.25) is 0 Å². The first kappa shape index (κ1) is 23.4. The molecular formula is C42H23N3. The summed E-state index contributed by atoms with van der Waals surface area (Å²) in [7, 11) is 0. The third kappa shape index (κ3) is 2.95. The molecule has 10 aromatic rings. The molecule has 0 aliphatic heterocycles. The van der Waals surface area contributed by atoms with Crippen LogP contribution in [0, 0.1) is 0 Å². The molecule has 0 unspecified atom stereocenters. The maximum Gasteiger partial charge on any atom is 0.0980 e. The highest BCUT2D eigenvalue weighted by Gasteiger charge is 2.28. The third-order valence-electron chi connectivity index (χ3n) is 9.86. The van der Waals surface area contributed by atoms with Gasteiger partial charge in [0.05, 0.1) is 33.5 Å². The van der Waals surface area contributed by atoms with Crippen molar-refractivity contribution in [2.45, 2.75) is 0 Å². The van der Waals surface area contributed by atoms with E-state index >= 15 is 0 Å². The second kappa shape index (κ2) is 8.31. The fourth-order valence-electron chi connectivity index (χ4n) is 8.00. The summed E-state index contributed by atoms with van der Waals surface area (Å²) in [6.45, 7) is 0. The molecule has 0 spiro atoms. The predicted octanol–water partition coefficient (Wildman–Crippen LogP) is 11.0. The zero-order chi connectivity index (χ0) is 29.2. The van der Waals surface area contributed by atoms with Gasteiger partial charge in [-0.2, -0.15) is 0 Å². The van der Waals surface area contributed by atoms with E-state index in [1.54, 1.807) is 0 Å². The van der Waals surface area contributed by atoms with E-state index in [1.807, 2.05) is 12.1 Å². The molecule has 0 saturated carbocycles. The Hall–Kier alpha value is -6.06. The van der Waals surface area contributed by atoms with Crippen LogP contribution in [0.2, 0.25) is 0 Å². The summed E-state index contributed by atoms with van der Waals surface area (Å²) in [5.74, 6) is 0. The van der Waals surface area contributed by atoms with Crippen LogP contribution in [0.15, 0.2) is 140 Å². The third-order valence-corrected chi connectivity index (χ3v) is 9.86. The molecule has 206 valence electrons. The van der Waals surface area contributed by atoms with Crippen LogP contribution in [0.4, 0.5) is 0 Å². The molecule has 2 heterocycles. The van der Waals surface area contributed by atoms with E-state index in [1.165, 1.54) is 70.5 Å². The van der Waals surface area contributed by atoms with E-state index < -0.39 is 0 Å². The first-order chi connectivity index (χ1) is 22.3. The standard InChI is InChI=1S/C42H23N3/c1-2-12-27-25(10-1)26-11-3-4-13-28(26)33-22-24(20-21-29(27)33)45-38-19-8-5-14-30(38)34-23-35-39-31(15-9-16-32(39)42(34)45)40-41(35)44-37-18-7-6-17-36(37)43-40/h1-23H. The van der Waals surface area contributed by atoms with Crippen molar-refractivity contribution in [2.24, 2.45) is 0 Å². The van der Waals surface area contributed by atoms with Crippen molar-refractivity contribution in [2.75, 3.05) is 0 Å². The molecule has 8 aromatic carbocycles. The molecular weight excluding hydrogens is 546 g/mol. The van der Waals surface area contributed by atoms with Crippen LogP contribution in [0.1, 0.15) is 0 Å². The molecule has 0 atom stereocenters. The van der Waals surface area contributed by atoms with Gasteiger partial charge in [0.2, 0.25) is 0 Å². The van der Waals surface area contributed by atoms with Gasteiger partial charge in [-0.15, -0.1) is 0 Å². The van der Waals surface area contributed by atoms with E-state index in [2.05, 4.69) is 132 Å². The molecule has 45 heavy (non-hydrogen) atoms. The molecule has 3 nitrogen and oxygen atoms in total. The van der Waals surface area contributed by atoms with Gasteiger partial charge < -0.3 is 4.57 Å². The Morgan fingerprint density at radius 1 is 0.378 bits per heavy atom. The monoisotopic (exact) mass is 569 g/mol. The Bertz CT molecular complexity index is 2890. The van der Waals surface area contributed by atoms with Crippen LogP contribution in [0.3, 0.4) is 0 Å². The van der Waals surface area contributed by atoms with Gasteiger partial charge in [0, 0.05) is 38.4 Å². The minimum Gasteiger partial charge on any atom is -0.309 e. The average molecular weight is 570 g/mol. The quantitative estimate of drug-likeness (QED) is 0.184. The van der Waals surface area contributed by atoms with Crippen LogP contribution in [-0.2, 0) is 0 Å². The molecule has 2 aromatic heterocycles. The number of rotatable bonds is 1. The number of fused-ring (bicyclic) bond motifs is 14. The molecule has 0 radical (unpaired) electrons. The van der Waals surface area contributed by atoms with E-state index in [4.69, 9.17) is 9.97 Å². The van der Waals surface area contributed by atoms with Crippen molar-refractivity contribution in [1.82, 2.24) is 14.5 Å². The lowest BCUT2D eigenvalue weighted by Gasteiger charge is -2.14. The largest absolute Gasteiger partial charge is 0.309 e. The van der Waals surface area contributed by atoms with E-state index in [0.717, 1.165) is 33.7 Å². The van der Waals surface area contributed by atoms with Crippen LogP contribution in [0.5, 0.6) is 0 Å². The maximum absolute atomic E-state index is 5.17. The van der Waals surface area contributed by atoms with Crippen LogP contribution in [0.25, 0.3) is 104 Å². The highest BCUT2D eigenvalue weighted by atomic mass is 15.0. The second-order valence-corrected chi connectivity index (χ2v) is 12.1. The lowest BCUT2D eigenvalue weighted by atomic mass is 9.94. The van der Waals surface area contributed by atoms with E-state index in [0.29, 0.717) is 0 Å². The number of hydrogen-bond donors (Lipinski definition) is 0. The molecule has 0 amide bonds. The summed E-state index contributed by atoms with van der Waals surface area (Å²) < 4.78 is 2.47. The van der Waals surface area contributed by atoms with Gasteiger partial charge in [-0.25, -0.2) is 9.97 Å². The fourth-order valence-corrected chi connectivity index (χ4v) is 8.00. The Balaban J connectivity index is 1.29. The Morgan fingerprint density at radius 3 is 1.64 bits per heavy atom. The maximum atomic E-state index is 5.17. The molecule has 1 aliphatic carbocycles. The highest BCUT2D eigenvalue weighted by molar-refractivity contribution is 6.28. The molecule has 3 heteroatoms. The second-order valence-electron chi connectivity index (χ2n) is 12.1. The van der Waals surface area contributed by atoms with Crippen molar-refractivity contribution < 1.29 is 0 Å². The molecule has 0 N–H and O–H groups in total. The van der Waals surface area contributed by atoms with E-state index in [-0.39, 0.29) is 0 Å². The van der Waals surface area contributed by atoms with Crippen molar-refractivity contribution in [1.29, 1.82) is 0 Å². The van der Waals surface area contributed by atoms with Gasteiger partial charge >= 0.3 is 0 Å². The summed E-state index contributed by atoms with van der Waals surface area (Å²) in [4.78, 5) is 10.3. The molecule has 1 aliphatic rings. The normalized spacial score (nSPS) is 12.4. The Morgan fingerprint density at radius 2 is 0.933 bits per heavy atom. The van der Waals surface area contributed by atoms with Crippen LogP contribution in [-0.4, -0.2) is 14.5 Å². The first-order valence-corrected chi connectivity index (χ1v) is 15.4. The first-order valence-electron chi connectivity index (χ1n) is 15.4. The molecule has 0 fully saturated rings. The van der Waals surface area contributed by atoms with Gasteiger partial charge in [0.1, 0.15) is 0 Å². The Labute approximate surface area is 257 Å². The smallest absolute Gasteiger partial charge is 0.0980 e. The van der Waals surface area contributed by atoms with Crippen LogP contribution < -0.4 is 0 Å². The number of nitrogens with zero attached hydrogens (tertiary/aromatic N) is 3. The number of benzene rings is 8. The van der Waals surface area contributed by atoms with Crippen molar-refractivity contribution in [3.8, 4) is 28.2 Å². The minimum absolute atomic E-state index is 0.927. The van der Waals surface area contributed by atoms with Gasteiger partial charge in [-0.1, -0.05) is 103 Å². The zero-order valence-electron chi connectivity index (χ0n) is 24.1. The number of hydrogen-bond acceptors (Lipinski definition) is 2. The zero-order valence-corrected chi connectivity index (χ0v) is 24.1. The van der Waals surface area contributed by atoms with Crippen molar-refractivity contribution in [3.63, 3.8) is 0 Å². The lowest BCUT2D eigenvalue weighted by molar-refractivity contribution is 1.19. The topological polar surface area (TPSA) is 30.7 Å². The van der Waals surface area contributed by atoms with Crippen molar-refractivity contribution >= 4 is 75.9 Å². The fraction of sp³-hybridized carbons (Fsp3) is 0. The highest BCUT2D eigenvalue weighted by Crippen LogP contribution is 2.50. The summed E-state index contributed by atoms with van der Waals surface area (Å²) in [6.07, 6.45) is 0. The summed E-state index contributed by atoms with van der Waals surface area (Å²) in [5, 5.41) is 12.6. The SMILES string of the molecule is c1ccc2nc3c(nc2c1)-c1cccc2c1c-3cc1c3ccccc3n(-c3ccc4c5ccccc5c5ccccc5c4c3)c21. The summed E-state index contributed by atoms with van der Waals surface area (Å²) in [6, 6.07) is 50.6. The molecule has 11 rings (SSSR count). The predicted molar refractivity (Wildman–Crippen MR) is 188 cm³/mol. The summed E-state index contributed by atoms with van der Waals surface area (Å²) >= 11 is 0. The number of aromatic nitrogens is 3. The Kier molecular flexibility index (Phi) is 4.32. The van der Waals surface area contributed by atoms with E-state index in [9.17, 15) is 0 Å². The van der Waals surface area contributed by atoms with Crippen LogP contribution >= 0.6 is 0 Å². The minimum atomic E-state index is 0.927. The van der Waals surface area contributed by atoms with Gasteiger partial charge in [-0.05, 0) is 68.7 Å². The number of para-hydroxylation sites is 3. The molecule has 0 bridgehead atoms. The van der Waals surface area contributed by atoms with Crippen molar-refractivity contribution in [3.05, 3.63) is 140 Å². The lowest BCUT2D eigenvalue weighted by Crippen LogP contribution is -1.95. The summed E-state index contributed by atoms with van der Waals surface area (Å²) in [5.41, 5.74) is 9.71. The van der Waals surface area contributed by atoms with Gasteiger partial charge in [0.25, 0.3) is 0 Å². The molecule has 0 saturated heterocycles. The van der Waals surface area contributed by atoms with Gasteiger partial charge in [0.15, 0.2) is 0 Å².